The van der Waals surface area contributed by atoms with Crippen molar-refractivity contribution in [1.29, 1.82) is 0 Å². The Hall–Kier alpha value is -2.19. The van der Waals surface area contributed by atoms with Gasteiger partial charge in [-0.05, 0) is 24.1 Å². The summed E-state index contributed by atoms with van der Waals surface area (Å²) in [6.07, 6.45) is 10.1. The van der Waals surface area contributed by atoms with Crippen LogP contribution in [0.25, 0.3) is 0 Å². The second kappa shape index (κ2) is 14.9. The van der Waals surface area contributed by atoms with Crippen LogP contribution in [0.15, 0.2) is 24.3 Å². The van der Waals surface area contributed by atoms with Gasteiger partial charge in [-0.3, -0.25) is 9.69 Å². The van der Waals surface area contributed by atoms with Crippen LogP contribution in [0.5, 0.6) is 5.75 Å². The lowest BCUT2D eigenvalue weighted by molar-refractivity contribution is -0.121. The lowest BCUT2D eigenvalue weighted by Gasteiger charge is -2.34. The molecule has 2 aromatic rings. The molecule has 1 N–H and O–H groups in total. The van der Waals surface area contributed by atoms with Gasteiger partial charge < -0.3 is 15.0 Å². The maximum absolute atomic E-state index is 12.1. The molecule has 0 atom stereocenters. The number of methoxy groups -OCH3 is 1. The van der Waals surface area contributed by atoms with Gasteiger partial charge in [0.1, 0.15) is 11.6 Å². The quantitative estimate of drug-likeness (QED) is 0.373. The lowest BCUT2D eigenvalue weighted by atomic mass is 10.1. The molecule has 0 unspecified atom stereocenters. The van der Waals surface area contributed by atoms with Gasteiger partial charge in [0.25, 0.3) is 0 Å². The van der Waals surface area contributed by atoms with Crippen LogP contribution < -0.4 is 15.0 Å². The van der Waals surface area contributed by atoms with E-state index in [1.807, 2.05) is 18.2 Å². The highest BCUT2D eigenvalue weighted by atomic mass is 32.1. The molecule has 1 aliphatic heterocycles. The summed E-state index contributed by atoms with van der Waals surface area (Å²) in [7, 11) is 1.68. The van der Waals surface area contributed by atoms with E-state index in [0.717, 1.165) is 68.0 Å². The van der Waals surface area contributed by atoms with E-state index < -0.39 is 0 Å². The Labute approximate surface area is 209 Å². The average Bonchev–Trinajstić information content (AvgIpc) is 3.32. The average molecular weight is 488 g/mol. The second-order valence-corrected chi connectivity index (χ2v) is 9.80. The van der Waals surface area contributed by atoms with Crippen LogP contribution in [-0.2, 0) is 11.2 Å². The van der Waals surface area contributed by atoms with Crippen molar-refractivity contribution in [1.82, 2.24) is 19.6 Å². The largest absolute Gasteiger partial charge is 0.497 e. The highest BCUT2D eigenvalue weighted by Crippen LogP contribution is 2.21. The fourth-order valence-corrected chi connectivity index (χ4v) is 4.99. The Balaban J connectivity index is 1.28. The van der Waals surface area contributed by atoms with Gasteiger partial charge in [-0.15, -0.1) is 0 Å². The van der Waals surface area contributed by atoms with Gasteiger partial charge in [-0.2, -0.15) is 4.37 Å². The summed E-state index contributed by atoms with van der Waals surface area (Å²) in [5.74, 6) is 1.92. The SMILES string of the molecule is CCCCCCCCCC(=O)NCCN1CCN(c2nc(Cc3cccc(OC)c3)ns2)CC1. The predicted molar refractivity (Wildman–Crippen MR) is 140 cm³/mol. The number of carbonyl (C=O) groups excluding carboxylic acids is 1. The molecule has 2 heterocycles. The Morgan fingerprint density at radius 1 is 1.09 bits per heavy atom. The molecule has 7 nitrogen and oxygen atoms in total. The molecule has 34 heavy (non-hydrogen) atoms. The van der Waals surface area contributed by atoms with Crippen molar-refractivity contribution in [3.05, 3.63) is 35.7 Å². The molecular formula is C26H41N5O2S. The molecule has 0 saturated carbocycles. The molecule has 1 aromatic heterocycles. The van der Waals surface area contributed by atoms with Gasteiger partial charge in [-0.1, -0.05) is 57.6 Å². The minimum absolute atomic E-state index is 0.199. The van der Waals surface area contributed by atoms with Crippen LogP contribution in [0.4, 0.5) is 5.13 Å². The molecule has 0 bridgehead atoms. The second-order valence-electron chi connectivity index (χ2n) is 9.07. The van der Waals surface area contributed by atoms with Gasteiger partial charge >= 0.3 is 0 Å². The monoisotopic (exact) mass is 487 g/mol. The Bertz CT molecular complexity index is 851. The number of unbranched alkanes of at least 4 members (excludes halogenated alkanes) is 6. The highest BCUT2D eigenvalue weighted by Gasteiger charge is 2.20. The summed E-state index contributed by atoms with van der Waals surface area (Å²) in [4.78, 5) is 21.6. The van der Waals surface area contributed by atoms with Crippen molar-refractivity contribution in [2.24, 2.45) is 0 Å². The molecule has 1 aliphatic rings. The third-order valence-electron chi connectivity index (χ3n) is 6.35. The molecule has 0 radical (unpaired) electrons. The summed E-state index contributed by atoms with van der Waals surface area (Å²) in [6, 6.07) is 8.06. The Kier molecular flexibility index (Phi) is 11.6. The third kappa shape index (κ3) is 9.22. The van der Waals surface area contributed by atoms with Crippen LogP contribution >= 0.6 is 11.5 Å². The molecule has 1 saturated heterocycles. The first-order valence-electron chi connectivity index (χ1n) is 12.9. The smallest absolute Gasteiger partial charge is 0.220 e. The zero-order valence-corrected chi connectivity index (χ0v) is 21.7. The standard InChI is InChI=1S/C26H41N5O2S/c1-3-4-5-6-7-8-9-13-25(32)27-14-15-30-16-18-31(19-17-30)26-28-24(29-34-26)21-22-11-10-12-23(20-22)33-2/h10-12,20H,3-9,13-19,21H2,1-2H3,(H,27,32). The van der Waals surface area contributed by atoms with Crippen molar-refractivity contribution < 1.29 is 9.53 Å². The number of carbonyl (C=O) groups is 1. The number of benzene rings is 1. The van der Waals surface area contributed by atoms with E-state index in [9.17, 15) is 4.79 Å². The molecule has 1 fully saturated rings. The van der Waals surface area contributed by atoms with E-state index >= 15 is 0 Å². The van der Waals surface area contributed by atoms with E-state index in [4.69, 9.17) is 9.72 Å². The summed E-state index contributed by atoms with van der Waals surface area (Å²) in [5, 5.41) is 4.10. The number of piperazine rings is 1. The summed E-state index contributed by atoms with van der Waals surface area (Å²) >= 11 is 1.48. The van der Waals surface area contributed by atoms with Crippen molar-refractivity contribution in [3.63, 3.8) is 0 Å². The molecule has 1 aromatic carbocycles. The normalized spacial score (nSPS) is 14.4. The fourth-order valence-electron chi connectivity index (χ4n) is 4.26. The molecule has 8 heteroatoms. The van der Waals surface area contributed by atoms with Crippen molar-refractivity contribution in [2.45, 2.75) is 64.7 Å². The number of anilines is 1. The first-order chi connectivity index (χ1) is 16.7. The number of aromatic nitrogens is 2. The lowest BCUT2D eigenvalue weighted by Crippen LogP contribution is -2.48. The number of nitrogens with one attached hydrogen (secondary N) is 1. The van der Waals surface area contributed by atoms with E-state index in [1.165, 1.54) is 50.1 Å². The fraction of sp³-hybridized carbons (Fsp3) is 0.654. The third-order valence-corrected chi connectivity index (χ3v) is 7.17. The van der Waals surface area contributed by atoms with Gasteiger partial charge in [0.2, 0.25) is 11.0 Å². The molecule has 188 valence electrons. The predicted octanol–water partition coefficient (Wildman–Crippen LogP) is 4.52. The molecule has 0 aliphatic carbocycles. The van der Waals surface area contributed by atoms with Crippen LogP contribution in [0.3, 0.4) is 0 Å². The minimum Gasteiger partial charge on any atom is -0.497 e. The first kappa shape index (κ1) is 26.4. The van der Waals surface area contributed by atoms with Crippen LogP contribution in [0.1, 0.15) is 69.7 Å². The molecule has 0 spiro atoms. The topological polar surface area (TPSA) is 70.6 Å². The number of nitrogens with zero attached hydrogens (tertiary/aromatic N) is 4. The highest BCUT2D eigenvalue weighted by molar-refractivity contribution is 7.09. The summed E-state index contributed by atoms with van der Waals surface area (Å²) in [5.41, 5.74) is 1.16. The van der Waals surface area contributed by atoms with Crippen molar-refractivity contribution in [3.8, 4) is 5.75 Å². The minimum atomic E-state index is 0.199. The van der Waals surface area contributed by atoms with Crippen LogP contribution in [0.2, 0.25) is 0 Å². The van der Waals surface area contributed by atoms with E-state index in [1.54, 1.807) is 7.11 Å². The molecule has 3 rings (SSSR count). The van der Waals surface area contributed by atoms with Gasteiger partial charge in [-0.25, -0.2) is 4.98 Å². The van der Waals surface area contributed by atoms with E-state index in [2.05, 4.69) is 32.5 Å². The molecule has 1 amide bonds. The number of hydrogen-bond donors (Lipinski definition) is 1. The number of hydrogen-bond acceptors (Lipinski definition) is 7. The zero-order valence-electron chi connectivity index (χ0n) is 20.9. The first-order valence-corrected chi connectivity index (χ1v) is 13.6. The maximum atomic E-state index is 12.1. The van der Waals surface area contributed by atoms with Gasteiger partial charge in [0.15, 0.2) is 0 Å². The van der Waals surface area contributed by atoms with Crippen LogP contribution in [0, 0.1) is 0 Å². The van der Waals surface area contributed by atoms with E-state index in [-0.39, 0.29) is 5.91 Å². The van der Waals surface area contributed by atoms with Crippen molar-refractivity contribution >= 4 is 22.6 Å². The Morgan fingerprint density at radius 3 is 2.62 bits per heavy atom. The van der Waals surface area contributed by atoms with Crippen molar-refractivity contribution in [2.75, 3.05) is 51.3 Å². The van der Waals surface area contributed by atoms with Gasteiger partial charge in [0, 0.05) is 63.6 Å². The molecular weight excluding hydrogens is 446 g/mol. The van der Waals surface area contributed by atoms with Gasteiger partial charge in [0.05, 0.1) is 7.11 Å². The number of amides is 1. The summed E-state index contributed by atoms with van der Waals surface area (Å²) in [6.45, 7) is 7.74. The Morgan fingerprint density at radius 2 is 1.85 bits per heavy atom. The maximum Gasteiger partial charge on any atom is 0.220 e. The number of rotatable bonds is 15. The number of ether oxygens (including phenoxy) is 1. The van der Waals surface area contributed by atoms with E-state index in [0.29, 0.717) is 12.8 Å². The zero-order chi connectivity index (χ0) is 24.0. The van der Waals surface area contributed by atoms with Crippen LogP contribution in [-0.4, -0.2) is 66.5 Å². The summed E-state index contributed by atoms with van der Waals surface area (Å²) < 4.78 is 9.87.